The first-order valence-corrected chi connectivity index (χ1v) is 8.11. The number of quaternary nitrogens is 1. The number of primary amides is 1. The zero-order chi connectivity index (χ0) is 18.7. The van der Waals surface area contributed by atoms with Gasteiger partial charge in [-0.2, -0.15) is 0 Å². The Labute approximate surface area is 148 Å². The molecule has 2 aromatic carbocycles. The summed E-state index contributed by atoms with van der Waals surface area (Å²) in [5.41, 5.74) is 7.98. The Morgan fingerprint density at radius 3 is 2.04 bits per heavy atom. The molecule has 134 valence electrons. The summed E-state index contributed by atoms with van der Waals surface area (Å²) in [4.78, 5) is 21.9. The van der Waals surface area contributed by atoms with E-state index in [0.29, 0.717) is 12.1 Å². The quantitative estimate of drug-likeness (QED) is 0.644. The molecule has 2 aromatic rings. The molecule has 0 unspecified atom stereocenters. The van der Waals surface area contributed by atoms with E-state index in [0.717, 1.165) is 24.1 Å². The number of carboxylic acids is 1. The molecule has 0 aliphatic rings. The van der Waals surface area contributed by atoms with Crippen molar-refractivity contribution in [3.05, 3.63) is 54.6 Å². The number of nitrogens with two attached hydrogens (primary N) is 1. The lowest BCUT2D eigenvalue weighted by atomic mass is 10.1. The van der Waals surface area contributed by atoms with Crippen LogP contribution in [0.15, 0.2) is 54.6 Å². The number of aliphatic carboxylic acids is 1. The SMILES string of the molecule is C[NH+](C)CCCC(=O)O.NC(=O)Nc1ccc(-c2ccccc2)cc1. The summed E-state index contributed by atoms with van der Waals surface area (Å²) in [7, 11) is 4.03. The maximum absolute atomic E-state index is 10.6. The number of carbonyl (C=O) groups is 2. The molecule has 25 heavy (non-hydrogen) atoms. The van der Waals surface area contributed by atoms with Gasteiger partial charge in [-0.15, -0.1) is 0 Å². The summed E-state index contributed by atoms with van der Waals surface area (Å²) in [5, 5.41) is 10.7. The molecule has 0 fully saturated rings. The van der Waals surface area contributed by atoms with Crippen molar-refractivity contribution in [3.63, 3.8) is 0 Å². The molecule has 0 aliphatic carbocycles. The van der Waals surface area contributed by atoms with Crippen molar-refractivity contribution in [2.45, 2.75) is 12.8 Å². The minimum atomic E-state index is -0.698. The lowest BCUT2D eigenvalue weighted by Gasteiger charge is -2.04. The second-order valence-electron chi connectivity index (χ2n) is 5.89. The van der Waals surface area contributed by atoms with Gasteiger partial charge in [0.15, 0.2) is 0 Å². The summed E-state index contributed by atoms with van der Waals surface area (Å²) in [6.07, 6.45) is 1.07. The van der Waals surface area contributed by atoms with E-state index in [4.69, 9.17) is 10.8 Å². The van der Waals surface area contributed by atoms with E-state index < -0.39 is 12.0 Å². The monoisotopic (exact) mass is 344 g/mol. The molecule has 0 bridgehead atoms. The predicted octanol–water partition coefficient (Wildman–Crippen LogP) is 1.84. The van der Waals surface area contributed by atoms with E-state index in [2.05, 4.69) is 5.32 Å². The van der Waals surface area contributed by atoms with Crippen LogP contribution in [0.25, 0.3) is 11.1 Å². The summed E-state index contributed by atoms with van der Waals surface area (Å²) >= 11 is 0. The molecule has 0 atom stereocenters. The molecule has 0 spiro atoms. The highest BCUT2D eigenvalue weighted by Gasteiger charge is 1.99. The van der Waals surface area contributed by atoms with Gasteiger partial charge in [0, 0.05) is 12.1 Å². The Morgan fingerprint density at radius 1 is 1.00 bits per heavy atom. The molecule has 0 aliphatic heterocycles. The van der Waals surface area contributed by atoms with E-state index in [-0.39, 0.29) is 0 Å². The number of hydrogen-bond donors (Lipinski definition) is 4. The van der Waals surface area contributed by atoms with Gasteiger partial charge in [-0.25, -0.2) is 4.79 Å². The van der Waals surface area contributed by atoms with Crippen LogP contribution in [0, 0.1) is 0 Å². The number of rotatable bonds is 6. The topological polar surface area (TPSA) is 96.9 Å². The lowest BCUT2D eigenvalue weighted by Crippen LogP contribution is -3.05. The minimum absolute atomic E-state index is 0.297. The third-order valence-corrected chi connectivity index (χ3v) is 3.33. The summed E-state index contributed by atoms with van der Waals surface area (Å²) in [6.45, 7) is 0.937. The summed E-state index contributed by atoms with van der Waals surface area (Å²) in [5.74, 6) is -0.698. The lowest BCUT2D eigenvalue weighted by molar-refractivity contribution is -0.858. The molecule has 0 radical (unpaired) electrons. The highest BCUT2D eigenvalue weighted by Crippen LogP contribution is 2.20. The number of carbonyl (C=O) groups excluding carboxylic acids is 1. The first-order chi connectivity index (χ1) is 11.9. The van der Waals surface area contributed by atoms with E-state index in [1.54, 1.807) is 0 Å². The van der Waals surface area contributed by atoms with Crippen molar-refractivity contribution in [2.24, 2.45) is 5.73 Å². The number of nitrogens with one attached hydrogen (secondary N) is 2. The highest BCUT2D eigenvalue weighted by atomic mass is 16.4. The summed E-state index contributed by atoms with van der Waals surface area (Å²) < 4.78 is 0. The molecule has 6 heteroatoms. The van der Waals surface area contributed by atoms with Gasteiger partial charge in [0.25, 0.3) is 0 Å². The average molecular weight is 344 g/mol. The second-order valence-corrected chi connectivity index (χ2v) is 5.89. The smallest absolute Gasteiger partial charge is 0.316 e. The van der Waals surface area contributed by atoms with Crippen LogP contribution in [-0.4, -0.2) is 37.7 Å². The van der Waals surface area contributed by atoms with Crippen LogP contribution >= 0.6 is 0 Å². The normalized spacial score (nSPS) is 9.88. The van der Waals surface area contributed by atoms with Crippen LogP contribution in [0.4, 0.5) is 10.5 Å². The molecule has 2 amide bonds. The minimum Gasteiger partial charge on any atom is -0.481 e. The van der Waals surface area contributed by atoms with Gasteiger partial charge in [-0.3, -0.25) is 4.79 Å². The first-order valence-electron chi connectivity index (χ1n) is 8.11. The van der Waals surface area contributed by atoms with Gasteiger partial charge < -0.3 is 21.1 Å². The predicted molar refractivity (Wildman–Crippen MR) is 99.6 cm³/mol. The van der Waals surface area contributed by atoms with Gasteiger partial charge in [-0.05, 0) is 23.3 Å². The Hall–Kier alpha value is -2.86. The first kappa shape index (κ1) is 20.2. The third kappa shape index (κ3) is 9.12. The number of hydrogen-bond acceptors (Lipinski definition) is 2. The van der Waals surface area contributed by atoms with E-state index in [9.17, 15) is 9.59 Å². The van der Waals surface area contributed by atoms with Gasteiger partial charge >= 0.3 is 12.0 Å². The Kier molecular flexibility index (Phi) is 8.74. The van der Waals surface area contributed by atoms with Crippen LogP contribution in [0.5, 0.6) is 0 Å². The molecule has 0 heterocycles. The van der Waals surface area contributed by atoms with Crippen LogP contribution in [-0.2, 0) is 4.79 Å². The second kappa shape index (κ2) is 10.8. The maximum Gasteiger partial charge on any atom is 0.316 e. The van der Waals surface area contributed by atoms with E-state index in [1.807, 2.05) is 68.7 Å². The fourth-order valence-electron chi connectivity index (χ4n) is 2.11. The summed E-state index contributed by atoms with van der Waals surface area (Å²) in [6, 6.07) is 17.0. The molecule has 6 nitrogen and oxygen atoms in total. The maximum atomic E-state index is 10.6. The van der Waals surface area contributed by atoms with Crippen LogP contribution in [0.3, 0.4) is 0 Å². The molecule has 0 aromatic heterocycles. The zero-order valence-electron chi connectivity index (χ0n) is 14.7. The number of benzene rings is 2. The van der Waals surface area contributed by atoms with E-state index >= 15 is 0 Å². The Balaban J connectivity index is 0.000000299. The Bertz CT molecular complexity index is 655. The van der Waals surface area contributed by atoms with E-state index in [1.165, 1.54) is 4.90 Å². The standard InChI is InChI=1S/C13H12N2O.C6H13NO2/c14-13(16)15-12-8-6-11(7-9-12)10-4-2-1-3-5-10;1-7(2)5-3-4-6(8)9/h1-9H,(H3,14,15,16);3-5H2,1-2H3,(H,8,9)/p+1. The highest BCUT2D eigenvalue weighted by molar-refractivity contribution is 5.88. The number of urea groups is 1. The van der Waals surface area contributed by atoms with Crippen molar-refractivity contribution in [1.29, 1.82) is 0 Å². The largest absolute Gasteiger partial charge is 0.481 e. The third-order valence-electron chi connectivity index (χ3n) is 3.33. The van der Waals surface area contributed by atoms with Crippen LogP contribution in [0.1, 0.15) is 12.8 Å². The van der Waals surface area contributed by atoms with Crippen LogP contribution < -0.4 is 16.0 Å². The van der Waals surface area contributed by atoms with Crippen molar-refractivity contribution >= 4 is 17.7 Å². The molecule has 0 saturated carbocycles. The zero-order valence-corrected chi connectivity index (χ0v) is 14.7. The molecule has 5 N–H and O–H groups in total. The fourth-order valence-corrected chi connectivity index (χ4v) is 2.11. The number of amides is 2. The van der Waals surface area contributed by atoms with Crippen molar-refractivity contribution in [3.8, 4) is 11.1 Å². The number of anilines is 1. The molecule has 0 saturated heterocycles. The van der Waals surface area contributed by atoms with Gasteiger partial charge in [-0.1, -0.05) is 42.5 Å². The van der Waals surface area contributed by atoms with Gasteiger partial charge in [0.2, 0.25) is 0 Å². The molecule has 2 rings (SSSR count). The average Bonchev–Trinajstić information content (AvgIpc) is 2.56. The van der Waals surface area contributed by atoms with Gasteiger partial charge in [0.05, 0.1) is 27.1 Å². The van der Waals surface area contributed by atoms with Crippen molar-refractivity contribution < 1.29 is 19.6 Å². The fraction of sp³-hybridized carbons (Fsp3) is 0.263. The molecular weight excluding hydrogens is 318 g/mol. The number of carboxylic acid groups (broad SMARTS) is 1. The van der Waals surface area contributed by atoms with Gasteiger partial charge in [0.1, 0.15) is 0 Å². The molecular formula is C19H26N3O3+. The van der Waals surface area contributed by atoms with Crippen molar-refractivity contribution in [1.82, 2.24) is 0 Å². The van der Waals surface area contributed by atoms with Crippen LogP contribution in [0.2, 0.25) is 0 Å². The Morgan fingerprint density at radius 2 is 1.56 bits per heavy atom. The van der Waals surface area contributed by atoms with Crippen molar-refractivity contribution in [2.75, 3.05) is 26.0 Å².